The summed E-state index contributed by atoms with van der Waals surface area (Å²) in [6.07, 6.45) is 11.8. The average Bonchev–Trinajstić information content (AvgIpc) is 3.69. The number of pyridine rings is 1. The molecule has 41 heavy (non-hydrogen) atoms. The second-order valence-electron chi connectivity index (χ2n) is 9.85. The van der Waals surface area contributed by atoms with Crippen molar-refractivity contribution in [3.05, 3.63) is 107 Å². The van der Waals surface area contributed by atoms with Crippen molar-refractivity contribution in [3.63, 3.8) is 0 Å². The predicted octanol–water partition coefficient (Wildman–Crippen LogP) is 5.92. The summed E-state index contributed by atoms with van der Waals surface area (Å²) in [4.78, 5) is 9.95. The lowest BCUT2D eigenvalue weighted by Crippen LogP contribution is -2.38. The Morgan fingerprint density at radius 2 is 1.85 bits per heavy atom. The highest BCUT2D eigenvalue weighted by molar-refractivity contribution is 5.83. The molecule has 8 heteroatoms. The number of nitrogens with zero attached hydrogens (tertiary/aromatic N) is 3. The topological polar surface area (TPSA) is 88.3 Å². The Hall–Kier alpha value is -4.66. The Balaban J connectivity index is 1.13. The Morgan fingerprint density at radius 1 is 0.902 bits per heavy atom. The van der Waals surface area contributed by atoms with Gasteiger partial charge < -0.3 is 19.2 Å². The zero-order valence-electron chi connectivity index (χ0n) is 22.8. The van der Waals surface area contributed by atoms with Gasteiger partial charge in [-0.2, -0.15) is 5.10 Å². The highest BCUT2D eigenvalue weighted by Crippen LogP contribution is 2.27. The van der Waals surface area contributed by atoms with Gasteiger partial charge in [-0.15, -0.1) is 0 Å². The molecule has 4 heterocycles. The lowest BCUT2D eigenvalue weighted by Gasteiger charge is -2.26. The van der Waals surface area contributed by atoms with Gasteiger partial charge in [-0.05, 0) is 71.6 Å². The molecule has 1 aliphatic heterocycles. The molecule has 0 bridgehead atoms. The summed E-state index contributed by atoms with van der Waals surface area (Å²) in [6.45, 7) is 5.22. The van der Waals surface area contributed by atoms with Gasteiger partial charge in [-0.25, -0.2) is 0 Å². The number of aromatic nitrogens is 4. The molecule has 8 nitrogen and oxygen atoms in total. The molecule has 0 unspecified atom stereocenters. The zero-order valence-corrected chi connectivity index (χ0v) is 22.8. The minimum absolute atomic E-state index is 0.395. The van der Waals surface area contributed by atoms with E-state index in [0.29, 0.717) is 13.2 Å². The molecule has 0 radical (unpaired) electrons. The van der Waals surface area contributed by atoms with Crippen LogP contribution in [0.15, 0.2) is 79.1 Å². The lowest BCUT2D eigenvalue weighted by molar-refractivity contribution is 0.0322. The first-order chi connectivity index (χ1) is 20.3. The van der Waals surface area contributed by atoms with E-state index in [-0.39, 0.29) is 0 Å². The van der Waals surface area contributed by atoms with Crippen molar-refractivity contribution in [2.24, 2.45) is 0 Å². The number of H-pyrrole nitrogens is 2. The van der Waals surface area contributed by atoms with Crippen molar-refractivity contribution >= 4 is 35.2 Å². The number of hydrogen-bond donors (Lipinski definition) is 2. The Bertz CT molecular complexity index is 1620. The molecule has 3 aromatic heterocycles. The fraction of sp³-hybridized carbons (Fsp3) is 0.212. The minimum atomic E-state index is 0.395. The van der Waals surface area contributed by atoms with Crippen LogP contribution in [0.25, 0.3) is 35.2 Å². The molecule has 208 valence electrons. The molecule has 0 aliphatic carbocycles. The monoisotopic (exact) mass is 547 g/mol. The molecule has 0 saturated carbocycles. The van der Waals surface area contributed by atoms with Crippen LogP contribution in [0.3, 0.4) is 0 Å². The molecule has 0 spiro atoms. The van der Waals surface area contributed by atoms with Crippen LogP contribution >= 0.6 is 0 Å². The van der Waals surface area contributed by atoms with Gasteiger partial charge in [0.2, 0.25) is 0 Å². The molecule has 2 aromatic carbocycles. The first-order valence-corrected chi connectivity index (χ1v) is 13.9. The standard InChI is InChI=1S/C33H33N5O3/c1-2-13-34-30(3-1)24-41-31-11-8-27(33(23-31)40-20-17-38-15-18-39-19-16-38)7-10-29-22-28(36-37-29)9-5-25-4-6-26-12-14-35-32(26)21-25/h1-14,21-23,35H,15-20,24H2,(H,36,37)/b9-5+,10-7+. The molecule has 2 N–H and O–H groups in total. The normalized spacial score (nSPS) is 14.3. The number of ether oxygens (including phenoxy) is 3. The maximum Gasteiger partial charge on any atom is 0.130 e. The van der Waals surface area contributed by atoms with Crippen LogP contribution in [0.2, 0.25) is 0 Å². The third-order valence-electron chi connectivity index (χ3n) is 6.95. The number of rotatable bonds is 11. The van der Waals surface area contributed by atoms with Gasteiger partial charge in [0.1, 0.15) is 24.7 Å². The second kappa shape index (κ2) is 13.1. The van der Waals surface area contributed by atoms with E-state index >= 15 is 0 Å². The Kier molecular flexibility index (Phi) is 8.50. The van der Waals surface area contributed by atoms with E-state index in [2.05, 4.69) is 55.4 Å². The summed E-state index contributed by atoms with van der Waals surface area (Å²) in [6, 6.07) is 22.2. The van der Waals surface area contributed by atoms with E-state index in [1.165, 1.54) is 5.39 Å². The van der Waals surface area contributed by atoms with Crippen LogP contribution in [0, 0.1) is 0 Å². The van der Waals surface area contributed by atoms with Crippen molar-refractivity contribution in [2.75, 3.05) is 39.5 Å². The maximum absolute atomic E-state index is 6.27. The van der Waals surface area contributed by atoms with Crippen LogP contribution < -0.4 is 9.47 Å². The number of fused-ring (bicyclic) bond motifs is 1. The van der Waals surface area contributed by atoms with Gasteiger partial charge in [0.25, 0.3) is 0 Å². The van der Waals surface area contributed by atoms with Crippen molar-refractivity contribution < 1.29 is 14.2 Å². The zero-order chi connectivity index (χ0) is 27.7. The van der Waals surface area contributed by atoms with Gasteiger partial charge in [0.15, 0.2) is 0 Å². The molecular weight excluding hydrogens is 514 g/mol. The Labute approximate surface area is 239 Å². The summed E-state index contributed by atoms with van der Waals surface area (Å²) in [5.41, 5.74) is 5.83. The second-order valence-corrected chi connectivity index (χ2v) is 9.85. The van der Waals surface area contributed by atoms with Crippen LogP contribution in [-0.4, -0.2) is 64.5 Å². The average molecular weight is 548 g/mol. The third kappa shape index (κ3) is 7.30. The number of benzene rings is 2. The summed E-state index contributed by atoms with van der Waals surface area (Å²) in [5.74, 6) is 1.50. The Morgan fingerprint density at radius 3 is 2.76 bits per heavy atom. The smallest absolute Gasteiger partial charge is 0.130 e. The summed E-state index contributed by atoms with van der Waals surface area (Å²) < 4.78 is 17.7. The van der Waals surface area contributed by atoms with E-state index in [1.54, 1.807) is 6.20 Å². The number of hydrogen-bond acceptors (Lipinski definition) is 6. The van der Waals surface area contributed by atoms with Crippen molar-refractivity contribution in [1.29, 1.82) is 0 Å². The van der Waals surface area contributed by atoms with Crippen molar-refractivity contribution in [3.8, 4) is 11.5 Å². The SMILES string of the molecule is C(=C\c1cc(/C=C/c2ccc(OCc3ccccn3)cc2OCCN2CCOCC2)n[nH]1)/c1ccc2cc[nH]c2c1. The van der Waals surface area contributed by atoms with Crippen LogP contribution in [0.1, 0.15) is 28.2 Å². The predicted molar refractivity (Wildman–Crippen MR) is 163 cm³/mol. The van der Waals surface area contributed by atoms with Gasteiger partial charge in [-0.1, -0.05) is 24.3 Å². The van der Waals surface area contributed by atoms with E-state index in [9.17, 15) is 0 Å². The highest BCUT2D eigenvalue weighted by atomic mass is 16.5. The molecule has 1 aliphatic rings. The minimum Gasteiger partial charge on any atom is -0.491 e. The first kappa shape index (κ1) is 26.6. The highest BCUT2D eigenvalue weighted by Gasteiger charge is 2.11. The molecule has 0 atom stereocenters. The first-order valence-electron chi connectivity index (χ1n) is 13.9. The van der Waals surface area contributed by atoms with Gasteiger partial charge in [-0.3, -0.25) is 15.0 Å². The summed E-state index contributed by atoms with van der Waals surface area (Å²) in [7, 11) is 0. The number of aromatic amines is 2. The molecular formula is C33H33N5O3. The van der Waals surface area contributed by atoms with Crippen LogP contribution in [0.4, 0.5) is 0 Å². The van der Waals surface area contributed by atoms with Gasteiger partial charge in [0.05, 0.1) is 30.3 Å². The maximum atomic E-state index is 6.27. The van der Waals surface area contributed by atoms with E-state index in [1.807, 2.05) is 66.9 Å². The molecule has 6 rings (SSSR count). The van der Waals surface area contributed by atoms with E-state index < -0.39 is 0 Å². The third-order valence-corrected chi connectivity index (χ3v) is 6.95. The van der Waals surface area contributed by atoms with E-state index in [4.69, 9.17) is 14.2 Å². The fourth-order valence-corrected chi connectivity index (χ4v) is 4.67. The van der Waals surface area contributed by atoms with Crippen LogP contribution in [0.5, 0.6) is 11.5 Å². The molecule has 1 saturated heterocycles. The number of morpholine rings is 1. The van der Waals surface area contributed by atoms with Crippen molar-refractivity contribution in [1.82, 2.24) is 25.1 Å². The molecule has 1 fully saturated rings. The lowest BCUT2D eigenvalue weighted by atomic mass is 10.1. The van der Waals surface area contributed by atoms with Gasteiger partial charge in [0, 0.05) is 49.2 Å². The van der Waals surface area contributed by atoms with Crippen molar-refractivity contribution in [2.45, 2.75) is 6.61 Å². The molecule has 5 aromatic rings. The van der Waals surface area contributed by atoms with E-state index in [0.717, 1.165) is 78.1 Å². The quantitative estimate of drug-likeness (QED) is 0.214. The fourth-order valence-electron chi connectivity index (χ4n) is 4.67. The molecule has 0 amide bonds. The largest absolute Gasteiger partial charge is 0.491 e. The summed E-state index contributed by atoms with van der Waals surface area (Å²) in [5, 5.41) is 8.76. The summed E-state index contributed by atoms with van der Waals surface area (Å²) >= 11 is 0. The van der Waals surface area contributed by atoms with Crippen LogP contribution in [-0.2, 0) is 11.3 Å². The van der Waals surface area contributed by atoms with Gasteiger partial charge >= 0.3 is 0 Å². The number of nitrogens with one attached hydrogen (secondary N) is 2.